The Morgan fingerprint density at radius 2 is 1.90 bits per heavy atom. The van der Waals surface area contributed by atoms with Crippen LogP contribution in [0.15, 0.2) is 40.9 Å². The lowest BCUT2D eigenvalue weighted by Crippen LogP contribution is -2.18. The zero-order valence-corrected chi connectivity index (χ0v) is 12.9. The molecule has 0 saturated carbocycles. The van der Waals surface area contributed by atoms with Gasteiger partial charge in [0, 0.05) is 11.5 Å². The number of hydrogen-bond acceptors (Lipinski definition) is 1. The maximum Gasteiger partial charge on any atom is 0.137 e. The van der Waals surface area contributed by atoms with E-state index in [0.717, 1.165) is 37.0 Å². The summed E-state index contributed by atoms with van der Waals surface area (Å²) in [6, 6.07) is 10.0. The van der Waals surface area contributed by atoms with Crippen LogP contribution in [0.4, 0.5) is 8.78 Å². The number of aliphatic hydroxyl groups is 1. The smallest absolute Gasteiger partial charge is 0.137 e. The maximum absolute atomic E-state index is 14.1. The number of aryl methyl sites for hydroxylation is 1. The van der Waals surface area contributed by atoms with E-state index in [4.69, 9.17) is 0 Å². The zero-order valence-electron chi connectivity index (χ0n) is 11.3. The van der Waals surface area contributed by atoms with E-state index in [1.54, 1.807) is 0 Å². The molecule has 0 spiro atoms. The predicted molar refractivity (Wildman–Crippen MR) is 81.1 cm³/mol. The third-order valence-corrected chi connectivity index (χ3v) is 4.76. The monoisotopic (exact) mass is 352 g/mol. The van der Waals surface area contributed by atoms with Crippen LogP contribution in [0.2, 0.25) is 0 Å². The van der Waals surface area contributed by atoms with Gasteiger partial charge < -0.3 is 5.11 Å². The molecule has 1 nitrogen and oxygen atoms in total. The van der Waals surface area contributed by atoms with Crippen molar-refractivity contribution in [1.82, 2.24) is 0 Å². The average Bonchev–Trinajstić information content (AvgIpc) is 2.49. The van der Waals surface area contributed by atoms with E-state index in [1.165, 1.54) is 5.56 Å². The van der Waals surface area contributed by atoms with Gasteiger partial charge in [-0.2, -0.15) is 0 Å². The van der Waals surface area contributed by atoms with Gasteiger partial charge in [0.1, 0.15) is 11.6 Å². The summed E-state index contributed by atoms with van der Waals surface area (Å²) in [6.45, 7) is 0. The molecule has 0 saturated heterocycles. The van der Waals surface area contributed by atoms with Crippen LogP contribution in [0.3, 0.4) is 0 Å². The normalized spacial score (nSPS) is 19.1. The van der Waals surface area contributed by atoms with Crippen LogP contribution in [0.25, 0.3) is 0 Å². The molecule has 0 fully saturated rings. The Hall–Kier alpha value is -1.26. The van der Waals surface area contributed by atoms with Crippen LogP contribution in [-0.2, 0) is 6.42 Å². The molecule has 2 aromatic rings. The maximum atomic E-state index is 14.1. The summed E-state index contributed by atoms with van der Waals surface area (Å²) in [7, 11) is 0. The molecule has 1 aliphatic rings. The fourth-order valence-electron chi connectivity index (χ4n) is 3.10. The first-order valence-electron chi connectivity index (χ1n) is 6.98. The van der Waals surface area contributed by atoms with Gasteiger partial charge in [0.25, 0.3) is 0 Å². The Balaban J connectivity index is 2.00. The van der Waals surface area contributed by atoms with E-state index in [1.807, 2.05) is 24.3 Å². The molecule has 0 bridgehead atoms. The topological polar surface area (TPSA) is 20.2 Å². The first kappa shape index (κ1) is 14.7. The standard InChI is InChI=1S/C17H15BrF2O/c18-14-9-15(19)13(8-16(14)20)17(21)12-7-3-5-10-4-1-2-6-11(10)12/h1-2,4,6,8-9,12,17,21H,3,5,7H2. The van der Waals surface area contributed by atoms with Gasteiger partial charge in [-0.25, -0.2) is 8.78 Å². The van der Waals surface area contributed by atoms with Crippen LogP contribution in [0, 0.1) is 11.6 Å². The second-order valence-corrected chi connectivity index (χ2v) is 6.28. The lowest BCUT2D eigenvalue weighted by atomic mass is 9.78. The second kappa shape index (κ2) is 5.85. The molecule has 3 rings (SSSR count). The summed E-state index contributed by atoms with van der Waals surface area (Å²) in [5.41, 5.74) is 2.25. The molecule has 0 aromatic heterocycles. The fourth-order valence-corrected chi connectivity index (χ4v) is 3.42. The van der Waals surface area contributed by atoms with E-state index >= 15 is 0 Å². The Morgan fingerprint density at radius 1 is 1.14 bits per heavy atom. The Bertz CT molecular complexity index is 672. The van der Waals surface area contributed by atoms with Crippen molar-refractivity contribution in [2.75, 3.05) is 0 Å². The predicted octanol–water partition coefficient (Wildman–Crippen LogP) is 4.88. The largest absolute Gasteiger partial charge is 0.388 e. The number of fused-ring (bicyclic) bond motifs is 1. The van der Waals surface area contributed by atoms with Gasteiger partial charge in [-0.15, -0.1) is 0 Å². The highest BCUT2D eigenvalue weighted by molar-refractivity contribution is 9.10. The van der Waals surface area contributed by atoms with E-state index in [9.17, 15) is 13.9 Å². The molecule has 2 unspecified atom stereocenters. The van der Waals surface area contributed by atoms with Gasteiger partial charge >= 0.3 is 0 Å². The average molecular weight is 353 g/mol. The Morgan fingerprint density at radius 3 is 2.71 bits per heavy atom. The number of benzene rings is 2. The van der Waals surface area contributed by atoms with Gasteiger partial charge in [0.15, 0.2) is 0 Å². The molecule has 4 heteroatoms. The molecule has 0 heterocycles. The van der Waals surface area contributed by atoms with Gasteiger partial charge in [0.2, 0.25) is 0 Å². The van der Waals surface area contributed by atoms with Gasteiger partial charge in [0.05, 0.1) is 10.6 Å². The summed E-state index contributed by atoms with van der Waals surface area (Å²) in [5.74, 6) is -1.33. The first-order chi connectivity index (χ1) is 10.1. The third-order valence-electron chi connectivity index (χ3n) is 4.16. The number of hydrogen-bond donors (Lipinski definition) is 1. The van der Waals surface area contributed by atoms with E-state index in [0.29, 0.717) is 0 Å². The van der Waals surface area contributed by atoms with Crippen molar-refractivity contribution in [3.63, 3.8) is 0 Å². The quantitative estimate of drug-likeness (QED) is 0.763. The molecule has 1 N–H and O–H groups in total. The molecule has 0 aliphatic heterocycles. The zero-order chi connectivity index (χ0) is 15.0. The van der Waals surface area contributed by atoms with Crippen molar-refractivity contribution in [3.05, 3.63) is 69.2 Å². The molecule has 110 valence electrons. The lowest BCUT2D eigenvalue weighted by molar-refractivity contribution is 0.131. The van der Waals surface area contributed by atoms with Crippen molar-refractivity contribution in [2.45, 2.75) is 31.3 Å². The molecule has 21 heavy (non-hydrogen) atoms. The fraction of sp³-hybridized carbons (Fsp3) is 0.294. The van der Waals surface area contributed by atoms with Crippen molar-refractivity contribution >= 4 is 15.9 Å². The summed E-state index contributed by atoms with van der Waals surface area (Å²) in [6.07, 6.45) is 1.65. The summed E-state index contributed by atoms with van der Waals surface area (Å²) < 4.78 is 27.8. The summed E-state index contributed by atoms with van der Waals surface area (Å²) in [5, 5.41) is 10.6. The molecule has 0 radical (unpaired) electrons. The molecular weight excluding hydrogens is 338 g/mol. The minimum Gasteiger partial charge on any atom is -0.388 e. The molecule has 1 aliphatic carbocycles. The van der Waals surface area contributed by atoms with Crippen molar-refractivity contribution < 1.29 is 13.9 Å². The highest BCUT2D eigenvalue weighted by Crippen LogP contribution is 2.41. The highest BCUT2D eigenvalue weighted by atomic mass is 79.9. The summed E-state index contributed by atoms with van der Waals surface area (Å²) >= 11 is 2.95. The number of halogens is 3. The molecular formula is C17H15BrF2O. The van der Waals surface area contributed by atoms with Crippen molar-refractivity contribution in [2.24, 2.45) is 0 Å². The molecule has 2 atom stereocenters. The third kappa shape index (κ3) is 2.74. The minimum absolute atomic E-state index is 0.0254. The minimum atomic E-state index is -1.03. The number of rotatable bonds is 2. The number of aliphatic hydroxyl groups excluding tert-OH is 1. The van der Waals surface area contributed by atoms with Crippen molar-refractivity contribution in [3.8, 4) is 0 Å². The van der Waals surface area contributed by atoms with Gasteiger partial charge in [-0.1, -0.05) is 24.3 Å². The van der Waals surface area contributed by atoms with E-state index in [2.05, 4.69) is 15.9 Å². The SMILES string of the molecule is OC(c1cc(F)c(Br)cc1F)C1CCCc2ccccc21. The first-order valence-corrected chi connectivity index (χ1v) is 7.77. The van der Waals surface area contributed by atoms with Crippen LogP contribution >= 0.6 is 15.9 Å². The Kier molecular flexibility index (Phi) is 4.09. The van der Waals surface area contributed by atoms with E-state index in [-0.39, 0.29) is 16.0 Å². The Labute approximate surface area is 130 Å². The second-order valence-electron chi connectivity index (χ2n) is 5.43. The van der Waals surface area contributed by atoms with Crippen molar-refractivity contribution in [1.29, 1.82) is 0 Å². The van der Waals surface area contributed by atoms with E-state index < -0.39 is 17.7 Å². The summed E-state index contributed by atoms with van der Waals surface area (Å²) in [4.78, 5) is 0. The van der Waals surface area contributed by atoms with Gasteiger partial charge in [-0.3, -0.25) is 0 Å². The van der Waals surface area contributed by atoms with Crippen LogP contribution < -0.4 is 0 Å². The lowest BCUT2D eigenvalue weighted by Gasteiger charge is -2.30. The van der Waals surface area contributed by atoms with Crippen LogP contribution in [0.5, 0.6) is 0 Å². The molecule has 2 aromatic carbocycles. The van der Waals surface area contributed by atoms with Crippen LogP contribution in [0.1, 0.15) is 41.6 Å². The van der Waals surface area contributed by atoms with Gasteiger partial charge in [-0.05, 0) is 58.5 Å². The van der Waals surface area contributed by atoms with Crippen LogP contribution in [-0.4, -0.2) is 5.11 Å². The highest BCUT2D eigenvalue weighted by Gasteiger charge is 2.29. The molecule has 0 amide bonds.